The molecule has 0 radical (unpaired) electrons. The Labute approximate surface area is 193 Å². The van der Waals surface area contributed by atoms with Crippen molar-refractivity contribution in [3.63, 3.8) is 0 Å². The summed E-state index contributed by atoms with van der Waals surface area (Å²) in [5.41, 5.74) is 4.15. The van der Waals surface area contributed by atoms with Gasteiger partial charge in [-0.3, -0.25) is 4.79 Å². The van der Waals surface area contributed by atoms with E-state index in [1.807, 2.05) is 25.1 Å². The Morgan fingerprint density at radius 1 is 1.10 bits per heavy atom. The summed E-state index contributed by atoms with van der Waals surface area (Å²) >= 11 is 9.42. The molecule has 8 heteroatoms. The van der Waals surface area contributed by atoms with Crippen LogP contribution in [0.2, 0.25) is 5.02 Å². The number of rotatable bonds is 7. The quantitative estimate of drug-likeness (QED) is 0.210. The van der Waals surface area contributed by atoms with Crippen molar-refractivity contribution in [1.82, 2.24) is 5.43 Å². The number of nitrogens with zero attached hydrogens (tertiary/aromatic N) is 1. The number of carbonyl (C=O) groups is 2. The van der Waals surface area contributed by atoms with E-state index in [4.69, 9.17) is 21.1 Å². The van der Waals surface area contributed by atoms with Gasteiger partial charge in [0, 0.05) is 10.0 Å². The lowest BCUT2D eigenvalue weighted by molar-refractivity contribution is -0.123. The molecule has 0 bridgehead atoms. The van der Waals surface area contributed by atoms with E-state index in [1.165, 1.54) is 6.21 Å². The van der Waals surface area contributed by atoms with Gasteiger partial charge in [0.15, 0.2) is 6.61 Å². The van der Waals surface area contributed by atoms with Gasteiger partial charge in [-0.1, -0.05) is 51.8 Å². The molecule has 0 saturated heterocycles. The molecule has 0 aliphatic carbocycles. The smallest absolute Gasteiger partial charge is 0.345 e. The van der Waals surface area contributed by atoms with Crippen LogP contribution >= 0.6 is 27.5 Å². The molecule has 158 valence electrons. The molecule has 0 aliphatic rings. The van der Waals surface area contributed by atoms with Gasteiger partial charge in [-0.05, 0) is 55.0 Å². The highest BCUT2D eigenvalue weighted by Crippen LogP contribution is 2.24. The number of halogens is 2. The van der Waals surface area contributed by atoms with Gasteiger partial charge in [0.1, 0.15) is 11.5 Å². The van der Waals surface area contributed by atoms with Gasteiger partial charge in [0.2, 0.25) is 0 Å². The molecule has 0 spiro atoms. The van der Waals surface area contributed by atoms with Gasteiger partial charge < -0.3 is 9.47 Å². The van der Waals surface area contributed by atoms with Crippen LogP contribution in [0.25, 0.3) is 0 Å². The highest BCUT2D eigenvalue weighted by Gasteiger charge is 2.14. The van der Waals surface area contributed by atoms with Crippen LogP contribution in [0, 0.1) is 6.92 Å². The Bertz CT molecular complexity index is 1130. The first-order valence-electron chi connectivity index (χ1n) is 9.20. The number of hydrazone groups is 1. The van der Waals surface area contributed by atoms with Crippen molar-refractivity contribution in [2.75, 3.05) is 6.61 Å². The van der Waals surface area contributed by atoms with Crippen molar-refractivity contribution in [3.05, 3.63) is 92.9 Å². The molecule has 31 heavy (non-hydrogen) atoms. The van der Waals surface area contributed by atoms with E-state index in [-0.39, 0.29) is 17.9 Å². The number of amides is 1. The molecule has 6 nitrogen and oxygen atoms in total. The molecule has 0 saturated carbocycles. The second-order valence-electron chi connectivity index (χ2n) is 6.45. The van der Waals surface area contributed by atoms with Crippen molar-refractivity contribution in [3.8, 4) is 11.5 Å². The molecule has 0 fully saturated rings. The Morgan fingerprint density at radius 3 is 2.68 bits per heavy atom. The zero-order valence-corrected chi connectivity index (χ0v) is 18.8. The highest BCUT2D eigenvalue weighted by molar-refractivity contribution is 9.10. The minimum absolute atomic E-state index is 0.187. The normalized spacial score (nSPS) is 10.7. The maximum absolute atomic E-state index is 12.4. The average Bonchev–Trinajstić information content (AvgIpc) is 2.74. The number of esters is 1. The van der Waals surface area contributed by atoms with E-state index >= 15 is 0 Å². The Kier molecular flexibility index (Phi) is 7.81. The van der Waals surface area contributed by atoms with Crippen LogP contribution in [0.3, 0.4) is 0 Å². The summed E-state index contributed by atoms with van der Waals surface area (Å²) in [7, 11) is 0. The number of nitrogens with one attached hydrogen (secondary N) is 1. The summed E-state index contributed by atoms with van der Waals surface area (Å²) in [5, 5.41) is 4.22. The van der Waals surface area contributed by atoms with E-state index in [9.17, 15) is 9.59 Å². The SMILES string of the molecule is Cc1cccc(OCC(=O)N/N=C/c2cc(Br)ccc2OC(=O)c2ccccc2Cl)c1. The van der Waals surface area contributed by atoms with Gasteiger partial charge in [-0.2, -0.15) is 5.10 Å². The molecule has 3 rings (SSSR count). The lowest BCUT2D eigenvalue weighted by atomic mass is 10.2. The third-order valence-corrected chi connectivity index (χ3v) is 4.84. The summed E-state index contributed by atoms with van der Waals surface area (Å²) in [6.07, 6.45) is 1.38. The highest BCUT2D eigenvalue weighted by atomic mass is 79.9. The number of carbonyl (C=O) groups excluding carboxylic acids is 2. The predicted molar refractivity (Wildman–Crippen MR) is 123 cm³/mol. The topological polar surface area (TPSA) is 77.0 Å². The molecule has 0 heterocycles. The zero-order chi connectivity index (χ0) is 22.2. The zero-order valence-electron chi connectivity index (χ0n) is 16.5. The molecule has 0 aliphatic heterocycles. The first kappa shape index (κ1) is 22.5. The largest absolute Gasteiger partial charge is 0.484 e. The van der Waals surface area contributed by atoms with Crippen molar-refractivity contribution < 1.29 is 19.1 Å². The van der Waals surface area contributed by atoms with Gasteiger partial charge in [-0.15, -0.1) is 0 Å². The van der Waals surface area contributed by atoms with Crippen LogP contribution < -0.4 is 14.9 Å². The van der Waals surface area contributed by atoms with Crippen molar-refractivity contribution >= 4 is 45.6 Å². The Morgan fingerprint density at radius 2 is 1.90 bits per heavy atom. The van der Waals surface area contributed by atoms with E-state index in [1.54, 1.807) is 48.5 Å². The second-order valence-corrected chi connectivity index (χ2v) is 7.77. The van der Waals surface area contributed by atoms with E-state index in [2.05, 4.69) is 26.5 Å². The van der Waals surface area contributed by atoms with Crippen LogP contribution in [0.1, 0.15) is 21.5 Å². The van der Waals surface area contributed by atoms with Gasteiger partial charge in [-0.25, -0.2) is 10.2 Å². The first-order chi connectivity index (χ1) is 14.9. The van der Waals surface area contributed by atoms with E-state index in [0.29, 0.717) is 16.3 Å². The third kappa shape index (κ3) is 6.67. The third-order valence-electron chi connectivity index (χ3n) is 4.02. The number of benzene rings is 3. The van der Waals surface area contributed by atoms with Crippen molar-refractivity contribution in [1.29, 1.82) is 0 Å². The number of hydrogen-bond acceptors (Lipinski definition) is 5. The Hall–Kier alpha value is -3.16. The van der Waals surface area contributed by atoms with E-state index < -0.39 is 11.9 Å². The lowest BCUT2D eigenvalue weighted by Crippen LogP contribution is -2.24. The molecule has 3 aromatic rings. The summed E-state index contributed by atoms with van der Waals surface area (Å²) < 4.78 is 11.7. The van der Waals surface area contributed by atoms with Crippen LogP contribution in [0.15, 0.2) is 76.3 Å². The molecular weight excluding hydrogens is 484 g/mol. The number of ether oxygens (including phenoxy) is 2. The molecule has 0 unspecified atom stereocenters. The molecule has 1 amide bonds. The summed E-state index contributed by atoms with van der Waals surface area (Å²) in [5.74, 6) is -0.164. The fraction of sp³-hybridized carbons (Fsp3) is 0.0870. The second kappa shape index (κ2) is 10.7. The minimum Gasteiger partial charge on any atom is -0.484 e. The fourth-order valence-electron chi connectivity index (χ4n) is 2.55. The van der Waals surface area contributed by atoms with E-state index in [0.717, 1.165) is 10.0 Å². The van der Waals surface area contributed by atoms with Crippen LogP contribution in [0.5, 0.6) is 11.5 Å². The van der Waals surface area contributed by atoms with Crippen LogP contribution in [0.4, 0.5) is 0 Å². The number of hydrogen-bond donors (Lipinski definition) is 1. The lowest BCUT2D eigenvalue weighted by Gasteiger charge is -2.09. The van der Waals surface area contributed by atoms with Gasteiger partial charge >= 0.3 is 5.97 Å². The average molecular weight is 502 g/mol. The summed E-state index contributed by atoms with van der Waals surface area (Å²) in [6.45, 7) is 1.75. The van der Waals surface area contributed by atoms with Crippen LogP contribution in [-0.2, 0) is 4.79 Å². The minimum atomic E-state index is -0.599. The molecule has 0 atom stereocenters. The van der Waals surface area contributed by atoms with Crippen molar-refractivity contribution in [2.24, 2.45) is 5.10 Å². The standard InChI is InChI=1S/C23H18BrClN2O4/c1-15-5-4-6-18(11-15)30-14-22(28)27-26-13-16-12-17(24)9-10-21(16)31-23(29)19-7-2-3-8-20(19)25/h2-13H,14H2,1H3,(H,27,28)/b26-13+. The Balaban J connectivity index is 1.63. The van der Waals surface area contributed by atoms with Gasteiger partial charge in [0.25, 0.3) is 5.91 Å². The van der Waals surface area contributed by atoms with Crippen molar-refractivity contribution in [2.45, 2.75) is 6.92 Å². The number of aryl methyl sites for hydroxylation is 1. The summed E-state index contributed by atoms with van der Waals surface area (Å²) in [6, 6.07) is 19.0. The predicted octanol–water partition coefficient (Wildman–Crippen LogP) is 5.16. The van der Waals surface area contributed by atoms with Gasteiger partial charge in [0.05, 0.1) is 16.8 Å². The fourth-order valence-corrected chi connectivity index (χ4v) is 3.15. The monoisotopic (exact) mass is 500 g/mol. The molecule has 1 N–H and O–H groups in total. The molecular formula is C23H18BrClN2O4. The maximum atomic E-state index is 12.4. The molecule has 3 aromatic carbocycles. The van der Waals surface area contributed by atoms with Crippen LogP contribution in [-0.4, -0.2) is 24.7 Å². The molecule has 0 aromatic heterocycles. The summed E-state index contributed by atoms with van der Waals surface area (Å²) in [4.78, 5) is 24.4. The maximum Gasteiger partial charge on any atom is 0.345 e. The first-order valence-corrected chi connectivity index (χ1v) is 10.4.